The van der Waals surface area contributed by atoms with Crippen LogP contribution in [0.1, 0.15) is 43.0 Å². The second-order valence-electron chi connectivity index (χ2n) is 5.41. The lowest BCUT2D eigenvalue weighted by Crippen LogP contribution is -2.54. The van der Waals surface area contributed by atoms with Crippen LogP contribution in [0, 0.1) is 0 Å². The fourth-order valence-electron chi connectivity index (χ4n) is 3.31. The summed E-state index contributed by atoms with van der Waals surface area (Å²) in [6, 6.07) is 2.58. The zero-order valence-corrected chi connectivity index (χ0v) is 13.9. The average molecular weight is 331 g/mol. The molecule has 0 spiro atoms. The maximum atomic E-state index is 3.70. The van der Waals surface area contributed by atoms with Gasteiger partial charge < -0.3 is 10.2 Å². The molecule has 1 atom stereocenters. The zero-order valence-electron chi connectivity index (χ0n) is 11.5. The Morgan fingerprint density at radius 1 is 1.33 bits per heavy atom. The molecule has 1 aromatic rings. The molecule has 4 heteroatoms. The first kappa shape index (κ1) is 14.5. The quantitative estimate of drug-likeness (QED) is 0.896. The second kappa shape index (κ2) is 6.04. The molecule has 2 rings (SSSR count). The molecule has 1 aromatic heterocycles. The van der Waals surface area contributed by atoms with Crippen molar-refractivity contribution < 1.29 is 0 Å². The minimum atomic E-state index is 0.264. The molecular weight excluding hydrogens is 308 g/mol. The van der Waals surface area contributed by atoms with Crippen LogP contribution in [-0.4, -0.2) is 31.6 Å². The Balaban J connectivity index is 2.36. The van der Waals surface area contributed by atoms with Gasteiger partial charge in [-0.15, -0.1) is 11.3 Å². The van der Waals surface area contributed by atoms with Crippen LogP contribution in [0.25, 0.3) is 0 Å². The van der Waals surface area contributed by atoms with Gasteiger partial charge in [0.2, 0.25) is 0 Å². The van der Waals surface area contributed by atoms with Crippen molar-refractivity contribution in [2.75, 3.05) is 21.1 Å². The van der Waals surface area contributed by atoms with Crippen molar-refractivity contribution in [3.05, 3.63) is 20.8 Å². The summed E-state index contributed by atoms with van der Waals surface area (Å²) in [5.41, 5.74) is 0.264. The Bertz CT molecular complexity index is 383. The Labute approximate surface area is 123 Å². The fraction of sp³-hybridized carbons (Fsp3) is 0.714. The van der Waals surface area contributed by atoms with E-state index in [1.807, 2.05) is 11.3 Å². The van der Waals surface area contributed by atoms with Gasteiger partial charge in [-0.25, -0.2) is 0 Å². The highest BCUT2D eigenvalue weighted by molar-refractivity contribution is 9.10. The van der Waals surface area contributed by atoms with E-state index in [1.165, 1.54) is 41.5 Å². The van der Waals surface area contributed by atoms with E-state index in [1.54, 1.807) is 0 Å². The summed E-state index contributed by atoms with van der Waals surface area (Å²) in [7, 11) is 6.56. The fourth-order valence-corrected chi connectivity index (χ4v) is 5.13. The molecule has 1 aliphatic carbocycles. The van der Waals surface area contributed by atoms with E-state index in [4.69, 9.17) is 0 Å². The molecule has 2 nitrogen and oxygen atoms in total. The van der Waals surface area contributed by atoms with Crippen molar-refractivity contribution >= 4 is 27.3 Å². The first-order valence-electron chi connectivity index (χ1n) is 6.69. The van der Waals surface area contributed by atoms with Crippen LogP contribution in [0.15, 0.2) is 15.9 Å². The van der Waals surface area contributed by atoms with Gasteiger partial charge >= 0.3 is 0 Å². The third kappa shape index (κ3) is 2.53. The van der Waals surface area contributed by atoms with Gasteiger partial charge in [0.05, 0.1) is 6.04 Å². The number of nitrogens with one attached hydrogen (secondary N) is 1. The van der Waals surface area contributed by atoms with Gasteiger partial charge in [-0.3, -0.25) is 0 Å². The summed E-state index contributed by atoms with van der Waals surface area (Å²) in [6.07, 6.45) is 6.65. The predicted octanol–water partition coefficient (Wildman–Crippen LogP) is 4.04. The van der Waals surface area contributed by atoms with Crippen LogP contribution in [-0.2, 0) is 0 Å². The number of thiophene rings is 1. The minimum Gasteiger partial charge on any atom is -0.311 e. The van der Waals surface area contributed by atoms with E-state index in [2.05, 4.69) is 58.7 Å². The van der Waals surface area contributed by atoms with Gasteiger partial charge in [-0.05, 0) is 61.4 Å². The molecule has 0 aliphatic heterocycles. The predicted molar refractivity (Wildman–Crippen MR) is 83.3 cm³/mol. The van der Waals surface area contributed by atoms with Crippen molar-refractivity contribution in [3.63, 3.8) is 0 Å². The highest BCUT2D eigenvalue weighted by Gasteiger charge is 2.42. The Morgan fingerprint density at radius 3 is 2.44 bits per heavy atom. The lowest BCUT2D eigenvalue weighted by molar-refractivity contribution is 0.0605. The summed E-state index contributed by atoms with van der Waals surface area (Å²) in [6.45, 7) is 0. The molecule has 1 unspecified atom stereocenters. The highest BCUT2D eigenvalue weighted by atomic mass is 79.9. The van der Waals surface area contributed by atoms with E-state index in [0.717, 1.165) is 0 Å². The number of likely N-dealkylation sites (N-methyl/N-ethyl adjacent to an activating group) is 2. The summed E-state index contributed by atoms with van der Waals surface area (Å²) in [5, 5.41) is 5.75. The van der Waals surface area contributed by atoms with Gasteiger partial charge in [0.15, 0.2) is 0 Å². The van der Waals surface area contributed by atoms with E-state index >= 15 is 0 Å². The van der Waals surface area contributed by atoms with Crippen LogP contribution in [0.5, 0.6) is 0 Å². The van der Waals surface area contributed by atoms with Crippen LogP contribution in [0.4, 0.5) is 0 Å². The Kier molecular flexibility index (Phi) is 4.86. The Hall–Kier alpha value is 0.1000. The van der Waals surface area contributed by atoms with Crippen molar-refractivity contribution in [1.29, 1.82) is 0 Å². The van der Waals surface area contributed by atoms with Crippen LogP contribution in [0.3, 0.4) is 0 Å². The molecule has 1 N–H and O–H groups in total. The van der Waals surface area contributed by atoms with E-state index in [9.17, 15) is 0 Å². The van der Waals surface area contributed by atoms with Gasteiger partial charge in [0, 0.05) is 14.9 Å². The van der Waals surface area contributed by atoms with Crippen LogP contribution < -0.4 is 5.32 Å². The van der Waals surface area contributed by atoms with Gasteiger partial charge in [-0.1, -0.05) is 19.3 Å². The number of hydrogen-bond acceptors (Lipinski definition) is 3. The number of rotatable bonds is 4. The number of halogens is 1. The molecule has 0 saturated heterocycles. The van der Waals surface area contributed by atoms with Crippen molar-refractivity contribution in [1.82, 2.24) is 10.2 Å². The zero-order chi connectivity index (χ0) is 13.2. The lowest BCUT2D eigenvalue weighted by atomic mass is 9.75. The maximum Gasteiger partial charge on any atom is 0.0610 e. The standard InChI is InChI=1S/C14H23BrN2S/c1-16-13(12-11(15)7-10-18-12)14(17(2)3)8-5-4-6-9-14/h7,10,13,16H,4-6,8-9H2,1-3H3. The molecule has 1 heterocycles. The second-order valence-corrected chi connectivity index (χ2v) is 7.22. The molecule has 1 fully saturated rings. The summed E-state index contributed by atoms with van der Waals surface area (Å²) >= 11 is 5.56. The third-order valence-electron chi connectivity index (χ3n) is 4.34. The van der Waals surface area contributed by atoms with E-state index in [0.29, 0.717) is 6.04 Å². The summed E-state index contributed by atoms with van der Waals surface area (Å²) in [4.78, 5) is 3.88. The first-order valence-corrected chi connectivity index (χ1v) is 8.36. The topological polar surface area (TPSA) is 15.3 Å². The number of hydrogen-bond donors (Lipinski definition) is 1. The molecule has 102 valence electrons. The van der Waals surface area contributed by atoms with Gasteiger partial charge in [-0.2, -0.15) is 0 Å². The van der Waals surface area contributed by atoms with Gasteiger partial charge in [0.1, 0.15) is 0 Å². The minimum absolute atomic E-state index is 0.264. The monoisotopic (exact) mass is 330 g/mol. The molecule has 0 amide bonds. The molecule has 0 aromatic carbocycles. The lowest BCUT2D eigenvalue weighted by Gasteiger charge is -2.48. The molecule has 0 bridgehead atoms. The molecule has 0 radical (unpaired) electrons. The van der Waals surface area contributed by atoms with Crippen LogP contribution >= 0.6 is 27.3 Å². The van der Waals surface area contributed by atoms with Crippen LogP contribution in [0.2, 0.25) is 0 Å². The average Bonchev–Trinajstić information content (AvgIpc) is 2.78. The van der Waals surface area contributed by atoms with Crippen molar-refractivity contribution in [3.8, 4) is 0 Å². The molecule has 18 heavy (non-hydrogen) atoms. The van der Waals surface area contributed by atoms with E-state index in [-0.39, 0.29) is 5.54 Å². The largest absolute Gasteiger partial charge is 0.311 e. The maximum absolute atomic E-state index is 3.70. The summed E-state index contributed by atoms with van der Waals surface area (Å²) in [5.74, 6) is 0. The molecule has 1 saturated carbocycles. The third-order valence-corrected chi connectivity index (χ3v) is 6.28. The van der Waals surface area contributed by atoms with E-state index < -0.39 is 0 Å². The number of nitrogens with zero attached hydrogens (tertiary/aromatic N) is 1. The Morgan fingerprint density at radius 2 is 2.00 bits per heavy atom. The van der Waals surface area contributed by atoms with Gasteiger partial charge in [0.25, 0.3) is 0 Å². The highest BCUT2D eigenvalue weighted by Crippen LogP contribution is 2.45. The van der Waals surface area contributed by atoms with Crippen molar-refractivity contribution in [2.24, 2.45) is 0 Å². The molecule has 1 aliphatic rings. The smallest absolute Gasteiger partial charge is 0.0610 e. The normalized spacial score (nSPS) is 21.2. The summed E-state index contributed by atoms with van der Waals surface area (Å²) < 4.78 is 1.25. The first-order chi connectivity index (χ1) is 8.62. The SMILES string of the molecule is CNC(c1sccc1Br)C1(N(C)C)CCCCC1. The molecular formula is C14H23BrN2S. The van der Waals surface area contributed by atoms with Crippen molar-refractivity contribution in [2.45, 2.75) is 43.7 Å².